The van der Waals surface area contributed by atoms with Crippen LogP contribution in [0.2, 0.25) is 0 Å². The molecule has 1 rings (SSSR count). The van der Waals surface area contributed by atoms with Crippen molar-refractivity contribution in [2.24, 2.45) is 5.92 Å². The maximum Gasteiger partial charge on any atom is 0.252 e. The van der Waals surface area contributed by atoms with E-state index in [1.54, 1.807) is 0 Å². The van der Waals surface area contributed by atoms with E-state index >= 15 is 0 Å². The molecule has 0 aliphatic rings. The van der Waals surface area contributed by atoms with Crippen LogP contribution >= 0.6 is 22.9 Å². The average Bonchev–Trinajstić information content (AvgIpc) is 2.65. The smallest absolute Gasteiger partial charge is 0.252 e. The Bertz CT molecular complexity index is 298. The molecule has 0 fully saturated rings. The van der Waals surface area contributed by atoms with Gasteiger partial charge in [0.15, 0.2) is 0 Å². The van der Waals surface area contributed by atoms with Crippen molar-refractivity contribution in [3.05, 3.63) is 22.4 Å². The van der Waals surface area contributed by atoms with Crippen molar-refractivity contribution in [2.75, 3.05) is 6.54 Å². The number of nitrogens with one attached hydrogen (secondary N) is 1. The molecule has 1 atom stereocenters. The highest BCUT2D eigenvalue weighted by atomic mass is 35.5. The van der Waals surface area contributed by atoms with E-state index in [2.05, 4.69) is 19.2 Å². The van der Waals surface area contributed by atoms with E-state index in [0.29, 0.717) is 18.0 Å². The Hall–Kier alpha value is -0.540. The Kier molecular flexibility index (Phi) is 5.12. The molecule has 2 nitrogen and oxygen atoms in total. The molecule has 1 aromatic heterocycles. The van der Waals surface area contributed by atoms with E-state index in [1.807, 2.05) is 16.8 Å². The predicted molar refractivity (Wildman–Crippen MR) is 65.7 cm³/mol. The summed E-state index contributed by atoms with van der Waals surface area (Å²) in [7, 11) is 0. The topological polar surface area (TPSA) is 29.1 Å². The summed E-state index contributed by atoms with van der Waals surface area (Å²) in [6.45, 7) is 4.78. The van der Waals surface area contributed by atoms with Gasteiger partial charge in [0.2, 0.25) is 0 Å². The Balaban J connectivity index is 2.28. The molecule has 1 unspecified atom stereocenters. The molecule has 1 heterocycles. The van der Waals surface area contributed by atoms with Gasteiger partial charge in [0, 0.05) is 17.5 Å². The zero-order chi connectivity index (χ0) is 11.3. The fourth-order valence-electron chi connectivity index (χ4n) is 1.29. The molecule has 1 amide bonds. The second kappa shape index (κ2) is 6.13. The first-order chi connectivity index (χ1) is 7.09. The summed E-state index contributed by atoms with van der Waals surface area (Å²) < 4.78 is 0. The first kappa shape index (κ1) is 12.5. The number of alkyl halides is 1. The molecule has 84 valence electrons. The fraction of sp³-hybridized carbons (Fsp3) is 0.545. The average molecular weight is 246 g/mol. The van der Waals surface area contributed by atoms with Crippen LogP contribution in [-0.2, 0) is 0 Å². The number of carbonyl (C=O) groups excluding carboxylic acids is 1. The van der Waals surface area contributed by atoms with Crippen molar-refractivity contribution < 1.29 is 4.79 Å². The monoisotopic (exact) mass is 245 g/mol. The Morgan fingerprint density at radius 3 is 2.87 bits per heavy atom. The van der Waals surface area contributed by atoms with Gasteiger partial charge in [-0.15, -0.1) is 11.6 Å². The molecule has 4 heteroatoms. The zero-order valence-corrected chi connectivity index (χ0v) is 10.6. The number of halogens is 1. The van der Waals surface area contributed by atoms with Crippen LogP contribution in [0.25, 0.3) is 0 Å². The minimum Gasteiger partial charge on any atom is -0.351 e. The SMILES string of the molecule is CC(C)CC(Cl)CNC(=O)c1ccsc1. The van der Waals surface area contributed by atoms with Crippen LogP contribution in [0.5, 0.6) is 0 Å². The quantitative estimate of drug-likeness (QED) is 0.794. The standard InChI is InChI=1S/C11H16ClNOS/c1-8(2)5-10(12)6-13-11(14)9-3-4-15-7-9/h3-4,7-8,10H,5-6H2,1-2H3,(H,13,14). The van der Waals surface area contributed by atoms with Gasteiger partial charge in [-0.25, -0.2) is 0 Å². The minimum atomic E-state index is -0.0364. The third-order valence-corrected chi connectivity index (χ3v) is 3.01. The minimum absolute atomic E-state index is 0.0209. The van der Waals surface area contributed by atoms with Crippen LogP contribution in [0.1, 0.15) is 30.6 Å². The van der Waals surface area contributed by atoms with Crippen LogP contribution in [0.3, 0.4) is 0 Å². The van der Waals surface area contributed by atoms with E-state index in [4.69, 9.17) is 11.6 Å². The predicted octanol–water partition coefficient (Wildman–Crippen LogP) is 3.13. The summed E-state index contributed by atoms with van der Waals surface area (Å²) in [5.74, 6) is 0.524. The largest absolute Gasteiger partial charge is 0.351 e. The van der Waals surface area contributed by atoms with Crippen molar-refractivity contribution in [1.82, 2.24) is 5.32 Å². The molecule has 1 aromatic rings. The summed E-state index contributed by atoms with van der Waals surface area (Å²) in [6, 6.07) is 1.81. The second-order valence-electron chi connectivity index (χ2n) is 3.95. The molecule has 0 saturated carbocycles. The summed E-state index contributed by atoms with van der Waals surface area (Å²) in [4.78, 5) is 11.5. The molecule has 0 aliphatic heterocycles. The van der Waals surface area contributed by atoms with E-state index in [1.165, 1.54) is 11.3 Å². The third kappa shape index (κ3) is 4.67. The van der Waals surface area contributed by atoms with Crippen molar-refractivity contribution in [2.45, 2.75) is 25.6 Å². The molecule has 0 radical (unpaired) electrons. The number of thiophene rings is 1. The maximum atomic E-state index is 11.5. The lowest BCUT2D eigenvalue weighted by Gasteiger charge is -2.12. The second-order valence-corrected chi connectivity index (χ2v) is 5.35. The van der Waals surface area contributed by atoms with Gasteiger partial charge in [0.25, 0.3) is 5.91 Å². The maximum absolute atomic E-state index is 11.5. The number of hydrogen-bond donors (Lipinski definition) is 1. The first-order valence-electron chi connectivity index (χ1n) is 5.04. The molecule has 0 saturated heterocycles. The highest BCUT2D eigenvalue weighted by Crippen LogP contribution is 2.10. The van der Waals surface area contributed by atoms with Gasteiger partial charge in [-0.05, 0) is 23.8 Å². The van der Waals surface area contributed by atoms with Crippen molar-refractivity contribution in [3.63, 3.8) is 0 Å². The van der Waals surface area contributed by atoms with Gasteiger partial charge in [-0.2, -0.15) is 11.3 Å². The summed E-state index contributed by atoms with van der Waals surface area (Å²) in [5.41, 5.74) is 0.716. The number of rotatable bonds is 5. The van der Waals surface area contributed by atoms with Crippen LogP contribution < -0.4 is 5.32 Å². The first-order valence-corrected chi connectivity index (χ1v) is 6.42. The number of hydrogen-bond acceptors (Lipinski definition) is 2. The third-order valence-electron chi connectivity index (χ3n) is 1.99. The molecule has 0 spiro atoms. The lowest BCUT2D eigenvalue weighted by atomic mass is 10.1. The van der Waals surface area contributed by atoms with Crippen molar-refractivity contribution in [3.8, 4) is 0 Å². The molecule has 1 N–H and O–H groups in total. The zero-order valence-electron chi connectivity index (χ0n) is 9.00. The summed E-state index contributed by atoms with van der Waals surface area (Å²) in [6.07, 6.45) is 0.922. The molecule has 0 bridgehead atoms. The van der Waals surface area contributed by atoms with Gasteiger partial charge >= 0.3 is 0 Å². The van der Waals surface area contributed by atoms with Gasteiger partial charge in [-0.3, -0.25) is 4.79 Å². The summed E-state index contributed by atoms with van der Waals surface area (Å²) >= 11 is 7.59. The Morgan fingerprint density at radius 2 is 2.33 bits per heavy atom. The van der Waals surface area contributed by atoms with Crippen LogP contribution in [0, 0.1) is 5.92 Å². The lowest BCUT2D eigenvalue weighted by molar-refractivity contribution is 0.0953. The van der Waals surface area contributed by atoms with Crippen LogP contribution in [0.4, 0.5) is 0 Å². The van der Waals surface area contributed by atoms with E-state index in [0.717, 1.165) is 6.42 Å². The van der Waals surface area contributed by atoms with Gasteiger partial charge < -0.3 is 5.32 Å². The van der Waals surface area contributed by atoms with Gasteiger partial charge in [0.1, 0.15) is 0 Å². The van der Waals surface area contributed by atoms with Gasteiger partial charge in [0.05, 0.1) is 5.38 Å². The van der Waals surface area contributed by atoms with Gasteiger partial charge in [-0.1, -0.05) is 13.8 Å². The highest BCUT2D eigenvalue weighted by Gasteiger charge is 2.10. The molecule has 0 aliphatic carbocycles. The van der Waals surface area contributed by atoms with E-state index < -0.39 is 0 Å². The molecule has 0 aromatic carbocycles. The van der Waals surface area contributed by atoms with Crippen molar-refractivity contribution in [1.29, 1.82) is 0 Å². The van der Waals surface area contributed by atoms with E-state index in [-0.39, 0.29) is 11.3 Å². The molecular formula is C11H16ClNOS. The summed E-state index contributed by atoms with van der Waals surface area (Å²) in [5, 5.41) is 6.57. The normalized spacial score (nSPS) is 12.8. The Morgan fingerprint density at radius 1 is 1.60 bits per heavy atom. The lowest BCUT2D eigenvalue weighted by Crippen LogP contribution is -2.30. The van der Waals surface area contributed by atoms with Crippen LogP contribution in [0.15, 0.2) is 16.8 Å². The molecular weight excluding hydrogens is 230 g/mol. The van der Waals surface area contributed by atoms with E-state index in [9.17, 15) is 4.79 Å². The molecule has 15 heavy (non-hydrogen) atoms. The number of carbonyl (C=O) groups is 1. The highest BCUT2D eigenvalue weighted by molar-refractivity contribution is 7.08. The van der Waals surface area contributed by atoms with Crippen molar-refractivity contribution >= 4 is 28.8 Å². The Labute approximate surface area is 99.6 Å². The van der Waals surface area contributed by atoms with Crippen LogP contribution in [-0.4, -0.2) is 17.8 Å². The fourth-order valence-corrected chi connectivity index (χ4v) is 2.36. The number of amides is 1.